The number of hydrogen-bond donors (Lipinski definition) is 0. The summed E-state index contributed by atoms with van der Waals surface area (Å²) < 4.78 is 5.03. The lowest BCUT2D eigenvalue weighted by Crippen LogP contribution is -2.24. The van der Waals surface area contributed by atoms with Crippen LogP contribution in [-0.2, 0) is 9.53 Å². The van der Waals surface area contributed by atoms with Crippen molar-refractivity contribution >= 4 is 18.1 Å². The van der Waals surface area contributed by atoms with Gasteiger partial charge in [-0.2, -0.15) is 0 Å². The quantitative estimate of drug-likeness (QED) is 0.420. The van der Waals surface area contributed by atoms with Gasteiger partial charge in [-0.25, -0.2) is 0 Å². The van der Waals surface area contributed by atoms with E-state index in [0.29, 0.717) is 6.47 Å². The number of hydrogen-bond acceptors (Lipinski definition) is 2. The minimum absolute atomic E-state index is 0.0809. The fourth-order valence-corrected chi connectivity index (χ4v) is 2.08. The predicted octanol–water partition coefficient (Wildman–Crippen LogP) is 3.60. The third kappa shape index (κ3) is 5.36. The van der Waals surface area contributed by atoms with E-state index in [1.54, 1.807) is 0 Å². The van der Waals surface area contributed by atoms with Gasteiger partial charge in [0.1, 0.15) is 6.10 Å². The first-order chi connectivity index (χ1) is 7.84. The average molecular weight is 243 g/mol. The molecular formula is C13H19ClO2. The summed E-state index contributed by atoms with van der Waals surface area (Å²) in [5.41, 5.74) is 0. The maximum atomic E-state index is 10.4. The summed E-state index contributed by atoms with van der Waals surface area (Å²) in [7, 11) is 0. The van der Waals surface area contributed by atoms with Crippen molar-refractivity contribution in [3.05, 3.63) is 24.3 Å². The Morgan fingerprint density at radius 1 is 1.00 bits per heavy atom. The van der Waals surface area contributed by atoms with Crippen molar-refractivity contribution in [2.45, 2.75) is 50.0 Å². The molecule has 90 valence electrons. The lowest BCUT2D eigenvalue weighted by atomic mass is 10.0. The van der Waals surface area contributed by atoms with E-state index in [-0.39, 0.29) is 11.5 Å². The van der Waals surface area contributed by atoms with Crippen LogP contribution in [0.2, 0.25) is 0 Å². The molecule has 0 radical (unpaired) electrons. The van der Waals surface area contributed by atoms with Crippen molar-refractivity contribution in [1.29, 1.82) is 0 Å². The second-order valence-electron chi connectivity index (χ2n) is 3.96. The van der Waals surface area contributed by atoms with Crippen LogP contribution in [0.5, 0.6) is 0 Å². The summed E-state index contributed by atoms with van der Waals surface area (Å²) in [6.45, 7) is 0.505. The van der Waals surface area contributed by atoms with Gasteiger partial charge in [-0.15, -0.1) is 11.6 Å². The van der Waals surface area contributed by atoms with Crippen molar-refractivity contribution in [2.75, 3.05) is 0 Å². The molecule has 2 unspecified atom stereocenters. The van der Waals surface area contributed by atoms with Gasteiger partial charge >= 0.3 is 0 Å². The summed E-state index contributed by atoms with van der Waals surface area (Å²) in [5.74, 6) is 0. The van der Waals surface area contributed by atoms with E-state index < -0.39 is 0 Å². The topological polar surface area (TPSA) is 26.3 Å². The maximum absolute atomic E-state index is 10.4. The van der Waals surface area contributed by atoms with Gasteiger partial charge in [0.25, 0.3) is 6.47 Å². The van der Waals surface area contributed by atoms with Crippen molar-refractivity contribution in [2.24, 2.45) is 0 Å². The molecule has 16 heavy (non-hydrogen) atoms. The van der Waals surface area contributed by atoms with Crippen LogP contribution in [0.1, 0.15) is 38.5 Å². The zero-order valence-electron chi connectivity index (χ0n) is 9.48. The lowest BCUT2D eigenvalue weighted by molar-refractivity contribution is -0.133. The molecule has 0 saturated heterocycles. The predicted molar refractivity (Wildman–Crippen MR) is 66.6 cm³/mol. The van der Waals surface area contributed by atoms with E-state index in [0.717, 1.165) is 38.5 Å². The molecule has 1 aliphatic rings. The van der Waals surface area contributed by atoms with Crippen molar-refractivity contribution in [1.82, 2.24) is 0 Å². The molecule has 0 aliphatic heterocycles. The fraction of sp³-hybridized carbons (Fsp3) is 0.615. The molecule has 0 bridgehead atoms. The standard InChI is InChI=1S/C13H19ClO2/c14-12-9-7-5-3-1-2-4-6-8-10-13(12)16-11-15/h3-6,11-13H,1-2,7-10H2/b5-3-,6-4-. The van der Waals surface area contributed by atoms with E-state index in [4.69, 9.17) is 16.3 Å². The Hall–Kier alpha value is -0.760. The normalized spacial score (nSPS) is 31.8. The minimum Gasteiger partial charge on any atom is -0.463 e. The van der Waals surface area contributed by atoms with Gasteiger partial charge in [-0.05, 0) is 38.5 Å². The molecular weight excluding hydrogens is 224 g/mol. The molecule has 2 nitrogen and oxygen atoms in total. The van der Waals surface area contributed by atoms with Crippen molar-refractivity contribution in [3.8, 4) is 0 Å². The van der Waals surface area contributed by atoms with Crippen LogP contribution in [0.4, 0.5) is 0 Å². The van der Waals surface area contributed by atoms with Gasteiger partial charge in [0.15, 0.2) is 0 Å². The van der Waals surface area contributed by atoms with Crippen molar-refractivity contribution in [3.63, 3.8) is 0 Å². The van der Waals surface area contributed by atoms with Crippen LogP contribution < -0.4 is 0 Å². The highest BCUT2D eigenvalue weighted by atomic mass is 35.5. The number of ether oxygens (including phenoxy) is 1. The first-order valence-corrected chi connectivity index (χ1v) is 6.31. The first kappa shape index (κ1) is 13.3. The monoisotopic (exact) mass is 242 g/mol. The fourth-order valence-electron chi connectivity index (χ4n) is 1.77. The van der Waals surface area contributed by atoms with E-state index in [2.05, 4.69) is 24.3 Å². The summed E-state index contributed by atoms with van der Waals surface area (Å²) in [4.78, 5) is 10.4. The Morgan fingerprint density at radius 2 is 1.56 bits per heavy atom. The van der Waals surface area contributed by atoms with Gasteiger partial charge in [0.05, 0.1) is 5.38 Å². The minimum atomic E-state index is -0.156. The van der Waals surface area contributed by atoms with Gasteiger partial charge in [-0.3, -0.25) is 4.79 Å². The zero-order valence-corrected chi connectivity index (χ0v) is 10.2. The highest BCUT2D eigenvalue weighted by Gasteiger charge is 2.19. The van der Waals surface area contributed by atoms with E-state index in [9.17, 15) is 4.79 Å². The third-order valence-corrected chi connectivity index (χ3v) is 3.19. The summed E-state index contributed by atoms with van der Waals surface area (Å²) in [6, 6.07) is 0. The van der Waals surface area contributed by atoms with Gasteiger partial charge in [0, 0.05) is 0 Å². The molecule has 0 amide bonds. The Morgan fingerprint density at radius 3 is 2.19 bits per heavy atom. The highest BCUT2D eigenvalue weighted by molar-refractivity contribution is 6.21. The molecule has 0 aromatic rings. The molecule has 0 N–H and O–H groups in total. The Kier molecular flexibility index (Phi) is 6.98. The van der Waals surface area contributed by atoms with Crippen molar-refractivity contribution < 1.29 is 9.53 Å². The molecule has 0 spiro atoms. The van der Waals surface area contributed by atoms with Crippen LogP contribution in [0, 0.1) is 0 Å². The molecule has 1 aliphatic carbocycles. The molecule has 1 rings (SSSR count). The molecule has 0 fully saturated rings. The summed E-state index contributed by atoms with van der Waals surface area (Å²) in [6.07, 6.45) is 14.2. The second kappa shape index (κ2) is 8.40. The van der Waals surface area contributed by atoms with Crippen LogP contribution >= 0.6 is 11.6 Å². The molecule has 0 heterocycles. The summed E-state index contributed by atoms with van der Waals surface area (Å²) >= 11 is 6.22. The van der Waals surface area contributed by atoms with Crippen LogP contribution in [0.3, 0.4) is 0 Å². The highest BCUT2D eigenvalue weighted by Crippen LogP contribution is 2.18. The van der Waals surface area contributed by atoms with Crippen LogP contribution in [0.15, 0.2) is 24.3 Å². The smallest absolute Gasteiger partial charge is 0.293 e. The van der Waals surface area contributed by atoms with Crippen LogP contribution in [0.25, 0.3) is 0 Å². The molecule has 2 atom stereocenters. The molecule has 0 saturated carbocycles. The molecule has 3 heteroatoms. The van der Waals surface area contributed by atoms with E-state index in [1.165, 1.54) is 0 Å². The van der Waals surface area contributed by atoms with Gasteiger partial charge < -0.3 is 4.74 Å². The number of alkyl halides is 1. The number of carbonyl (C=O) groups is 1. The average Bonchev–Trinajstić information content (AvgIpc) is 2.28. The zero-order chi connectivity index (χ0) is 11.6. The third-order valence-electron chi connectivity index (χ3n) is 2.69. The Bertz CT molecular complexity index is 248. The first-order valence-electron chi connectivity index (χ1n) is 5.87. The Labute approximate surface area is 102 Å². The number of halogens is 1. The van der Waals surface area contributed by atoms with Gasteiger partial charge in [0.2, 0.25) is 0 Å². The van der Waals surface area contributed by atoms with Gasteiger partial charge in [-0.1, -0.05) is 24.3 Å². The largest absolute Gasteiger partial charge is 0.463 e. The molecule has 0 aromatic carbocycles. The maximum Gasteiger partial charge on any atom is 0.293 e. The summed E-state index contributed by atoms with van der Waals surface area (Å²) in [5, 5.41) is -0.0809. The SMILES string of the molecule is O=COC1CC/C=C\CC/C=C\CCC1Cl. The second-order valence-corrected chi connectivity index (χ2v) is 4.52. The van der Waals surface area contributed by atoms with E-state index in [1.807, 2.05) is 0 Å². The molecule has 0 aromatic heterocycles. The van der Waals surface area contributed by atoms with E-state index >= 15 is 0 Å². The number of allylic oxidation sites excluding steroid dienone is 4. The van der Waals surface area contributed by atoms with Crippen LogP contribution in [-0.4, -0.2) is 18.0 Å². The number of rotatable bonds is 2. The lowest BCUT2D eigenvalue weighted by Gasteiger charge is -2.19. The number of carbonyl (C=O) groups excluding carboxylic acids is 1. The Balaban J connectivity index is 2.51.